The fraction of sp³-hybridized carbons (Fsp3) is 0.250. The van der Waals surface area contributed by atoms with Crippen molar-refractivity contribution < 1.29 is 13.2 Å². The Labute approximate surface area is 134 Å². The van der Waals surface area contributed by atoms with Crippen molar-refractivity contribution in [2.45, 2.75) is 25.1 Å². The van der Waals surface area contributed by atoms with Gasteiger partial charge in [-0.1, -0.05) is 28.1 Å². The highest BCUT2D eigenvalue weighted by molar-refractivity contribution is 9.10. The van der Waals surface area contributed by atoms with Crippen LogP contribution in [0.4, 0.5) is 24.5 Å². The largest absolute Gasteiger partial charge is 0.416 e. The SMILES string of the molecule is Nc1ccc(Br)cc1NC1CCc2c1cccc2C(F)(F)F. The predicted octanol–water partition coefficient (Wildman–Crippen LogP) is 5.15. The lowest BCUT2D eigenvalue weighted by Crippen LogP contribution is -2.11. The number of nitrogen functional groups attached to an aromatic ring is 1. The average Bonchev–Trinajstić information content (AvgIpc) is 2.85. The lowest BCUT2D eigenvalue weighted by atomic mass is 10.0. The summed E-state index contributed by atoms with van der Waals surface area (Å²) in [7, 11) is 0. The quantitative estimate of drug-likeness (QED) is 0.717. The summed E-state index contributed by atoms with van der Waals surface area (Å²) in [6.45, 7) is 0. The Bertz CT molecular complexity index is 713. The predicted molar refractivity (Wildman–Crippen MR) is 84.7 cm³/mol. The number of nitrogens with one attached hydrogen (secondary N) is 1. The van der Waals surface area contributed by atoms with Crippen LogP contribution in [0.5, 0.6) is 0 Å². The molecule has 0 aromatic heterocycles. The molecular weight excluding hydrogens is 357 g/mol. The zero-order valence-corrected chi connectivity index (χ0v) is 13.1. The third-order valence-electron chi connectivity index (χ3n) is 3.92. The van der Waals surface area contributed by atoms with Gasteiger partial charge < -0.3 is 11.1 Å². The lowest BCUT2D eigenvalue weighted by Gasteiger charge is -2.18. The smallest absolute Gasteiger partial charge is 0.397 e. The minimum atomic E-state index is -4.31. The summed E-state index contributed by atoms with van der Waals surface area (Å²) in [6.07, 6.45) is -3.28. The van der Waals surface area contributed by atoms with E-state index in [1.807, 2.05) is 12.1 Å². The van der Waals surface area contributed by atoms with Crippen molar-refractivity contribution >= 4 is 27.3 Å². The molecule has 0 amide bonds. The van der Waals surface area contributed by atoms with E-state index in [0.29, 0.717) is 29.7 Å². The van der Waals surface area contributed by atoms with Crippen LogP contribution < -0.4 is 11.1 Å². The summed E-state index contributed by atoms with van der Waals surface area (Å²) in [4.78, 5) is 0. The fourth-order valence-electron chi connectivity index (χ4n) is 2.91. The van der Waals surface area contributed by atoms with Gasteiger partial charge in [0.15, 0.2) is 0 Å². The van der Waals surface area contributed by atoms with Gasteiger partial charge in [-0.2, -0.15) is 13.2 Å². The zero-order valence-electron chi connectivity index (χ0n) is 11.5. The van der Waals surface area contributed by atoms with Crippen LogP contribution in [0, 0.1) is 0 Å². The zero-order chi connectivity index (χ0) is 15.9. The third kappa shape index (κ3) is 2.79. The molecule has 2 nitrogen and oxygen atoms in total. The van der Waals surface area contributed by atoms with E-state index in [4.69, 9.17) is 5.73 Å². The number of nitrogens with two attached hydrogens (primary N) is 1. The van der Waals surface area contributed by atoms with Gasteiger partial charge in [0.25, 0.3) is 0 Å². The fourth-order valence-corrected chi connectivity index (χ4v) is 3.27. The van der Waals surface area contributed by atoms with E-state index in [1.165, 1.54) is 6.07 Å². The number of alkyl halides is 3. The second-order valence-electron chi connectivity index (χ2n) is 5.34. The Hall–Kier alpha value is -1.69. The number of anilines is 2. The molecule has 6 heteroatoms. The number of halogens is 4. The van der Waals surface area contributed by atoms with E-state index in [-0.39, 0.29) is 6.04 Å². The number of fused-ring (bicyclic) bond motifs is 1. The van der Waals surface area contributed by atoms with Crippen molar-refractivity contribution in [3.05, 3.63) is 57.6 Å². The molecule has 0 spiro atoms. The normalized spacial score (nSPS) is 17.4. The number of benzene rings is 2. The molecule has 0 fully saturated rings. The summed E-state index contributed by atoms with van der Waals surface area (Å²) in [6, 6.07) is 9.62. The highest BCUT2D eigenvalue weighted by atomic mass is 79.9. The molecule has 0 saturated carbocycles. The van der Waals surface area contributed by atoms with Crippen LogP contribution >= 0.6 is 15.9 Å². The van der Waals surface area contributed by atoms with Crippen LogP contribution in [-0.4, -0.2) is 0 Å². The van der Waals surface area contributed by atoms with Gasteiger partial charge in [-0.3, -0.25) is 0 Å². The Balaban J connectivity index is 1.94. The van der Waals surface area contributed by atoms with Gasteiger partial charge in [-0.25, -0.2) is 0 Å². The molecular formula is C16H14BrF3N2. The molecule has 2 aromatic rings. The second kappa shape index (κ2) is 5.50. The first kappa shape index (κ1) is 15.2. The number of rotatable bonds is 2. The average molecular weight is 371 g/mol. The standard InChI is InChI=1S/C16H14BrF3N2/c17-9-4-6-13(21)15(8-9)22-14-7-5-10-11(14)2-1-3-12(10)16(18,19)20/h1-4,6,8,14,22H,5,7,21H2. The maximum Gasteiger partial charge on any atom is 0.416 e. The van der Waals surface area contributed by atoms with E-state index < -0.39 is 11.7 Å². The Morgan fingerprint density at radius 3 is 2.68 bits per heavy atom. The van der Waals surface area contributed by atoms with Gasteiger partial charge in [0.1, 0.15) is 0 Å². The molecule has 1 atom stereocenters. The van der Waals surface area contributed by atoms with Gasteiger partial charge in [0.2, 0.25) is 0 Å². The lowest BCUT2D eigenvalue weighted by molar-refractivity contribution is -0.138. The molecule has 22 heavy (non-hydrogen) atoms. The number of hydrogen-bond donors (Lipinski definition) is 2. The third-order valence-corrected chi connectivity index (χ3v) is 4.41. The molecule has 0 saturated heterocycles. The molecule has 3 rings (SSSR count). The highest BCUT2D eigenvalue weighted by Crippen LogP contribution is 2.42. The Kier molecular flexibility index (Phi) is 3.80. The minimum Gasteiger partial charge on any atom is -0.397 e. The minimum absolute atomic E-state index is 0.158. The van der Waals surface area contributed by atoms with Crippen molar-refractivity contribution in [2.24, 2.45) is 0 Å². The van der Waals surface area contributed by atoms with Crippen LogP contribution in [0.2, 0.25) is 0 Å². The van der Waals surface area contributed by atoms with Crippen molar-refractivity contribution in [3.63, 3.8) is 0 Å². The second-order valence-corrected chi connectivity index (χ2v) is 6.25. The molecule has 1 unspecified atom stereocenters. The van der Waals surface area contributed by atoms with Gasteiger partial charge in [0, 0.05) is 4.47 Å². The molecule has 2 aromatic carbocycles. The summed E-state index contributed by atoms with van der Waals surface area (Å²) >= 11 is 3.37. The van der Waals surface area contributed by atoms with Gasteiger partial charge in [0.05, 0.1) is 23.0 Å². The molecule has 1 aliphatic rings. The molecule has 3 N–H and O–H groups in total. The Morgan fingerprint density at radius 1 is 1.18 bits per heavy atom. The molecule has 1 aliphatic carbocycles. The van der Waals surface area contributed by atoms with Crippen molar-refractivity contribution in [2.75, 3.05) is 11.1 Å². The summed E-state index contributed by atoms with van der Waals surface area (Å²) < 4.78 is 40.1. The van der Waals surface area contributed by atoms with Crippen molar-refractivity contribution in [1.82, 2.24) is 0 Å². The molecule has 116 valence electrons. The van der Waals surface area contributed by atoms with Crippen LogP contribution in [0.25, 0.3) is 0 Å². The van der Waals surface area contributed by atoms with E-state index in [0.717, 1.165) is 16.2 Å². The summed E-state index contributed by atoms with van der Waals surface area (Å²) in [5.74, 6) is 0. The first-order chi connectivity index (χ1) is 10.4. The van der Waals surface area contributed by atoms with E-state index in [1.54, 1.807) is 12.1 Å². The van der Waals surface area contributed by atoms with Crippen LogP contribution in [0.3, 0.4) is 0 Å². The van der Waals surface area contributed by atoms with Crippen molar-refractivity contribution in [3.8, 4) is 0 Å². The van der Waals surface area contributed by atoms with E-state index in [9.17, 15) is 13.2 Å². The monoisotopic (exact) mass is 370 g/mol. The first-order valence-electron chi connectivity index (χ1n) is 6.87. The summed E-state index contributed by atoms with van der Waals surface area (Å²) in [5.41, 5.74) is 7.78. The molecule has 0 radical (unpaired) electrons. The number of hydrogen-bond acceptors (Lipinski definition) is 2. The molecule has 0 aliphatic heterocycles. The molecule has 0 bridgehead atoms. The first-order valence-corrected chi connectivity index (χ1v) is 7.66. The Morgan fingerprint density at radius 2 is 1.95 bits per heavy atom. The van der Waals surface area contributed by atoms with Crippen LogP contribution in [0.15, 0.2) is 40.9 Å². The maximum atomic E-state index is 13.1. The van der Waals surface area contributed by atoms with Gasteiger partial charge in [-0.05, 0) is 48.2 Å². The van der Waals surface area contributed by atoms with Crippen molar-refractivity contribution in [1.29, 1.82) is 0 Å². The van der Waals surface area contributed by atoms with E-state index >= 15 is 0 Å². The van der Waals surface area contributed by atoms with Crippen LogP contribution in [-0.2, 0) is 12.6 Å². The molecule has 0 heterocycles. The highest BCUT2D eigenvalue weighted by Gasteiger charge is 2.37. The maximum absolute atomic E-state index is 13.1. The topological polar surface area (TPSA) is 38.0 Å². The van der Waals surface area contributed by atoms with Gasteiger partial charge in [-0.15, -0.1) is 0 Å². The van der Waals surface area contributed by atoms with Crippen LogP contribution in [0.1, 0.15) is 29.2 Å². The summed E-state index contributed by atoms with van der Waals surface area (Å²) in [5, 5.41) is 3.26. The van der Waals surface area contributed by atoms with Gasteiger partial charge >= 0.3 is 6.18 Å². The van der Waals surface area contributed by atoms with E-state index in [2.05, 4.69) is 21.2 Å².